The Hall–Kier alpha value is -1.26. The molecule has 0 N–H and O–H groups in total. The van der Waals surface area contributed by atoms with Crippen LogP contribution in [0.25, 0.3) is 0 Å². The molecule has 0 fully saturated rings. The number of hydrogen-bond acceptors (Lipinski definition) is 3. The van der Waals surface area contributed by atoms with E-state index in [-0.39, 0.29) is 24.1 Å². The highest BCUT2D eigenvalue weighted by Gasteiger charge is 2.40. The van der Waals surface area contributed by atoms with Gasteiger partial charge in [-0.05, 0) is 55.9 Å². The molecule has 2 aromatic rings. The molecule has 1 aliphatic rings. The van der Waals surface area contributed by atoms with Crippen molar-refractivity contribution in [2.45, 2.75) is 26.2 Å². The zero-order chi connectivity index (χ0) is 19.8. The number of nitrogens with zero attached hydrogens (tertiary/aromatic N) is 1. The molecule has 0 heterocycles. The minimum Gasteiger partial charge on any atom is -0.492 e. The molecule has 0 saturated heterocycles. The summed E-state index contributed by atoms with van der Waals surface area (Å²) >= 11 is 12.3. The van der Waals surface area contributed by atoms with Gasteiger partial charge in [-0.15, -0.1) is 12.4 Å². The van der Waals surface area contributed by atoms with Gasteiger partial charge in [0.2, 0.25) is 0 Å². The molecular weight excluding hydrogens is 417 g/mol. The van der Waals surface area contributed by atoms with E-state index in [4.69, 9.17) is 27.9 Å². The molecule has 3 nitrogen and oxygen atoms in total. The van der Waals surface area contributed by atoms with Gasteiger partial charge in [-0.25, -0.2) is 0 Å². The van der Waals surface area contributed by atoms with Gasteiger partial charge >= 0.3 is 0 Å². The second kappa shape index (κ2) is 9.04. The van der Waals surface area contributed by atoms with Gasteiger partial charge in [0, 0.05) is 23.4 Å². The first-order valence-corrected chi connectivity index (χ1v) is 9.86. The van der Waals surface area contributed by atoms with Crippen molar-refractivity contribution in [1.29, 1.82) is 0 Å². The average molecular weight is 443 g/mol. The first-order chi connectivity index (χ1) is 12.7. The van der Waals surface area contributed by atoms with Crippen LogP contribution in [0.15, 0.2) is 36.4 Å². The Labute approximate surface area is 183 Å². The highest BCUT2D eigenvalue weighted by atomic mass is 35.5. The summed E-state index contributed by atoms with van der Waals surface area (Å²) < 4.78 is 5.84. The summed E-state index contributed by atoms with van der Waals surface area (Å²) in [7, 11) is 4.01. The van der Waals surface area contributed by atoms with E-state index >= 15 is 0 Å². The first kappa shape index (κ1) is 23.0. The van der Waals surface area contributed by atoms with Crippen LogP contribution < -0.4 is 4.74 Å². The molecule has 152 valence electrons. The van der Waals surface area contributed by atoms with Gasteiger partial charge in [0.05, 0.1) is 10.0 Å². The molecule has 3 rings (SSSR count). The Morgan fingerprint density at radius 1 is 1.11 bits per heavy atom. The van der Waals surface area contributed by atoms with Crippen molar-refractivity contribution in [3.63, 3.8) is 0 Å². The van der Waals surface area contributed by atoms with E-state index in [1.54, 1.807) is 0 Å². The summed E-state index contributed by atoms with van der Waals surface area (Å²) in [6.45, 7) is 5.41. The Bertz CT molecular complexity index is 865. The van der Waals surface area contributed by atoms with Gasteiger partial charge in [0.15, 0.2) is 5.78 Å². The lowest BCUT2D eigenvalue weighted by Crippen LogP contribution is -2.33. The van der Waals surface area contributed by atoms with E-state index in [0.29, 0.717) is 16.7 Å². The maximum absolute atomic E-state index is 13.1. The molecule has 0 aromatic heterocycles. The maximum atomic E-state index is 13.1. The van der Waals surface area contributed by atoms with Gasteiger partial charge < -0.3 is 9.64 Å². The Balaban J connectivity index is 0.00000280. The van der Waals surface area contributed by atoms with Crippen LogP contribution >= 0.6 is 35.6 Å². The molecule has 0 spiro atoms. The fourth-order valence-electron chi connectivity index (χ4n) is 3.58. The molecule has 28 heavy (non-hydrogen) atoms. The highest BCUT2D eigenvalue weighted by molar-refractivity contribution is 6.42. The number of ketones is 1. The monoisotopic (exact) mass is 441 g/mol. The van der Waals surface area contributed by atoms with Crippen LogP contribution in [0.3, 0.4) is 0 Å². The normalized spacial score (nSPS) is 17.8. The number of halogens is 3. The van der Waals surface area contributed by atoms with Gasteiger partial charge in [0.1, 0.15) is 12.4 Å². The predicted molar refractivity (Wildman–Crippen MR) is 119 cm³/mol. The second-order valence-corrected chi connectivity index (χ2v) is 8.86. The number of ether oxygens (including phenoxy) is 1. The number of likely N-dealkylation sites (N-methyl/N-ethyl adjacent to an activating group) is 1. The van der Waals surface area contributed by atoms with Crippen molar-refractivity contribution in [1.82, 2.24) is 4.90 Å². The van der Waals surface area contributed by atoms with E-state index in [9.17, 15) is 4.79 Å². The Morgan fingerprint density at radius 3 is 2.46 bits per heavy atom. The number of Topliss-reactive ketones (excluding diaryl/α,β-unsaturated/α-hetero) is 1. The van der Waals surface area contributed by atoms with Crippen molar-refractivity contribution >= 4 is 41.4 Å². The van der Waals surface area contributed by atoms with Crippen LogP contribution in [0.1, 0.15) is 47.7 Å². The van der Waals surface area contributed by atoms with Crippen molar-refractivity contribution < 1.29 is 9.53 Å². The standard InChI is InChI=1S/C22H25Cl2NO2.ClH/c1-22(2)13-18(14-5-8-19(23)20(24)11-14)16-7-6-15(12-17(16)21(22)26)27-10-9-25(3)4;/h5-8,11-12,18H,9-10,13H2,1-4H3;1H. The lowest BCUT2D eigenvalue weighted by Gasteiger charge is -2.36. The van der Waals surface area contributed by atoms with Crippen LogP contribution in [0.2, 0.25) is 10.0 Å². The summed E-state index contributed by atoms with van der Waals surface area (Å²) in [6.07, 6.45) is 0.734. The molecule has 1 atom stereocenters. The number of benzene rings is 2. The molecule has 0 bridgehead atoms. The van der Waals surface area contributed by atoms with E-state index in [1.165, 1.54) is 0 Å². The van der Waals surface area contributed by atoms with Crippen LogP contribution in [0.5, 0.6) is 5.75 Å². The molecule has 0 saturated carbocycles. The van der Waals surface area contributed by atoms with Crippen LogP contribution in [0, 0.1) is 5.41 Å². The number of carbonyl (C=O) groups excluding carboxylic acids is 1. The summed E-state index contributed by atoms with van der Waals surface area (Å²) in [4.78, 5) is 15.1. The van der Waals surface area contributed by atoms with Crippen molar-refractivity contribution in [2.24, 2.45) is 5.41 Å². The zero-order valence-corrected chi connectivity index (χ0v) is 18.9. The van der Waals surface area contributed by atoms with Gasteiger partial charge in [-0.1, -0.05) is 49.2 Å². The first-order valence-electron chi connectivity index (χ1n) is 9.10. The van der Waals surface area contributed by atoms with Crippen molar-refractivity contribution in [3.8, 4) is 5.75 Å². The quantitative estimate of drug-likeness (QED) is 0.560. The average Bonchev–Trinajstić information content (AvgIpc) is 2.60. The van der Waals surface area contributed by atoms with Crippen molar-refractivity contribution in [2.75, 3.05) is 27.2 Å². The molecule has 1 unspecified atom stereocenters. The molecule has 0 amide bonds. The topological polar surface area (TPSA) is 29.5 Å². The van der Waals surface area contributed by atoms with Gasteiger partial charge in [-0.2, -0.15) is 0 Å². The maximum Gasteiger partial charge on any atom is 0.168 e. The largest absolute Gasteiger partial charge is 0.492 e. The summed E-state index contributed by atoms with van der Waals surface area (Å²) in [5, 5.41) is 1.07. The zero-order valence-electron chi connectivity index (χ0n) is 16.6. The summed E-state index contributed by atoms with van der Waals surface area (Å²) in [5.74, 6) is 0.986. The van der Waals surface area contributed by atoms with Gasteiger partial charge in [-0.3, -0.25) is 4.79 Å². The Morgan fingerprint density at radius 2 is 1.82 bits per heavy atom. The molecule has 2 aromatic carbocycles. The fraction of sp³-hybridized carbons (Fsp3) is 0.409. The lowest BCUT2D eigenvalue weighted by atomic mass is 9.66. The predicted octanol–water partition coefficient (Wildman–Crippen LogP) is 6.10. The molecule has 1 aliphatic carbocycles. The molecular formula is C22H26Cl3NO2. The van der Waals surface area contributed by atoms with Crippen LogP contribution in [-0.2, 0) is 0 Å². The van der Waals surface area contributed by atoms with Gasteiger partial charge in [0.25, 0.3) is 0 Å². The van der Waals surface area contributed by atoms with E-state index in [2.05, 4.69) is 4.90 Å². The fourth-order valence-corrected chi connectivity index (χ4v) is 3.88. The van der Waals surface area contributed by atoms with E-state index in [0.717, 1.165) is 35.4 Å². The lowest BCUT2D eigenvalue weighted by molar-refractivity contribution is 0.0801. The highest BCUT2D eigenvalue weighted by Crippen LogP contribution is 2.46. The number of carbonyl (C=O) groups is 1. The van der Waals surface area contributed by atoms with Crippen LogP contribution in [0.4, 0.5) is 0 Å². The number of hydrogen-bond donors (Lipinski definition) is 0. The van der Waals surface area contributed by atoms with Crippen molar-refractivity contribution in [3.05, 3.63) is 63.1 Å². The summed E-state index contributed by atoms with van der Waals surface area (Å²) in [5.41, 5.74) is 2.39. The third-order valence-electron chi connectivity index (χ3n) is 5.13. The smallest absolute Gasteiger partial charge is 0.168 e. The second-order valence-electron chi connectivity index (χ2n) is 8.04. The minimum atomic E-state index is -0.452. The minimum absolute atomic E-state index is 0. The van der Waals surface area contributed by atoms with E-state index < -0.39 is 5.41 Å². The molecule has 0 radical (unpaired) electrons. The Kier molecular flexibility index (Phi) is 7.44. The number of fused-ring (bicyclic) bond motifs is 1. The summed E-state index contributed by atoms with van der Waals surface area (Å²) in [6, 6.07) is 11.6. The molecule has 6 heteroatoms. The van der Waals surface area contributed by atoms with E-state index in [1.807, 2.05) is 64.3 Å². The SMILES string of the molecule is CN(C)CCOc1ccc2c(c1)C(=O)C(C)(C)CC2c1ccc(Cl)c(Cl)c1.Cl. The third-order valence-corrected chi connectivity index (χ3v) is 5.87. The third kappa shape index (κ3) is 4.83. The van der Waals surface area contributed by atoms with Crippen LogP contribution in [-0.4, -0.2) is 37.9 Å². The molecule has 0 aliphatic heterocycles. The number of rotatable bonds is 5.